The number of likely N-dealkylation sites (tertiary alicyclic amines) is 1. The summed E-state index contributed by atoms with van der Waals surface area (Å²) >= 11 is 0. The minimum Gasteiger partial charge on any atom is -0.484 e. The maximum atomic E-state index is 13.0. The van der Waals surface area contributed by atoms with E-state index >= 15 is 0 Å². The quantitative estimate of drug-likeness (QED) is 0.531. The Labute approximate surface area is 167 Å². The molecule has 0 spiro atoms. The van der Waals surface area contributed by atoms with Crippen molar-refractivity contribution in [2.45, 2.75) is 25.5 Å². The first-order valence-corrected chi connectivity index (χ1v) is 9.72. The summed E-state index contributed by atoms with van der Waals surface area (Å²) in [7, 11) is 0. The molecule has 0 bridgehead atoms. The van der Waals surface area contributed by atoms with Crippen LogP contribution in [-0.4, -0.2) is 33.2 Å². The molecule has 1 fully saturated rings. The molecule has 5 rings (SSSR count). The Bertz CT molecular complexity index is 1110. The molecule has 7 heteroatoms. The summed E-state index contributed by atoms with van der Waals surface area (Å²) in [5.41, 5.74) is 2.47. The molecule has 148 valence electrons. The van der Waals surface area contributed by atoms with E-state index in [1.165, 1.54) is 28.6 Å². The average molecular weight is 392 g/mol. The molecular weight excluding hydrogens is 371 g/mol. The van der Waals surface area contributed by atoms with E-state index in [9.17, 15) is 4.39 Å². The predicted octanol–water partition coefficient (Wildman–Crippen LogP) is 4.26. The van der Waals surface area contributed by atoms with Gasteiger partial charge in [-0.05, 0) is 48.9 Å². The third-order valence-electron chi connectivity index (χ3n) is 5.35. The van der Waals surface area contributed by atoms with E-state index in [0.29, 0.717) is 17.5 Å². The van der Waals surface area contributed by atoms with Gasteiger partial charge in [-0.25, -0.2) is 4.39 Å². The molecule has 2 aromatic heterocycles. The third-order valence-corrected chi connectivity index (χ3v) is 5.35. The first-order chi connectivity index (χ1) is 14.2. The maximum Gasteiger partial charge on any atom is 0.253 e. The lowest BCUT2D eigenvalue weighted by Gasteiger charge is -2.14. The van der Waals surface area contributed by atoms with Crippen molar-refractivity contribution in [3.05, 3.63) is 77.9 Å². The summed E-state index contributed by atoms with van der Waals surface area (Å²) in [5, 5.41) is 9.58. The van der Waals surface area contributed by atoms with Crippen molar-refractivity contribution in [1.29, 1.82) is 0 Å². The Morgan fingerprint density at radius 2 is 2.00 bits per heavy atom. The van der Waals surface area contributed by atoms with E-state index in [0.717, 1.165) is 26.1 Å². The van der Waals surface area contributed by atoms with Gasteiger partial charge in [0.05, 0.1) is 5.92 Å². The number of ether oxygens (including phenoxy) is 1. The zero-order valence-electron chi connectivity index (χ0n) is 15.8. The first kappa shape index (κ1) is 17.9. The average Bonchev–Trinajstić information content (AvgIpc) is 3.48. The van der Waals surface area contributed by atoms with Crippen molar-refractivity contribution in [3.8, 4) is 5.75 Å². The maximum absolute atomic E-state index is 13.0. The second-order valence-electron chi connectivity index (χ2n) is 7.36. The molecule has 1 N–H and O–H groups in total. The number of hydrogen-bond acceptors (Lipinski definition) is 5. The first-order valence-electron chi connectivity index (χ1n) is 9.72. The molecule has 3 heterocycles. The minimum atomic E-state index is -0.296. The topological polar surface area (TPSA) is 67.2 Å². The van der Waals surface area contributed by atoms with Crippen LogP contribution in [0.4, 0.5) is 4.39 Å². The molecule has 29 heavy (non-hydrogen) atoms. The molecule has 1 saturated heterocycles. The van der Waals surface area contributed by atoms with E-state index in [2.05, 4.69) is 44.5 Å². The lowest BCUT2D eigenvalue weighted by atomic mass is 10.1. The molecule has 2 aromatic carbocycles. The second kappa shape index (κ2) is 7.67. The van der Waals surface area contributed by atoms with Gasteiger partial charge in [0, 0.05) is 30.2 Å². The van der Waals surface area contributed by atoms with E-state index in [1.807, 2.05) is 6.07 Å². The van der Waals surface area contributed by atoms with Crippen LogP contribution in [0.5, 0.6) is 5.75 Å². The van der Waals surface area contributed by atoms with Gasteiger partial charge in [-0.3, -0.25) is 4.90 Å². The molecule has 1 atom stereocenters. The fourth-order valence-corrected chi connectivity index (χ4v) is 3.85. The predicted molar refractivity (Wildman–Crippen MR) is 106 cm³/mol. The number of benzene rings is 2. The van der Waals surface area contributed by atoms with Gasteiger partial charge in [-0.15, -0.1) is 10.2 Å². The molecule has 1 aliphatic heterocycles. The van der Waals surface area contributed by atoms with Crippen LogP contribution in [0.3, 0.4) is 0 Å². The van der Waals surface area contributed by atoms with Crippen molar-refractivity contribution in [2.75, 3.05) is 13.1 Å². The van der Waals surface area contributed by atoms with Crippen LogP contribution in [0, 0.1) is 5.82 Å². The minimum absolute atomic E-state index is 0.171. The fraction of sp³-hybridized carbons (Fsp3) is 0.273. The number of aromatic amines is 1. The molecule has 0 unspecified atom stereocenters. The highest BCUT2D eigenvalue weighted by Gasteiger charge is 2.28. The third kappa shape index (κ3) is 3.86. The Balaban J connectivity index is 1.19. The van der Waals surface area contributed by atoms with Crippen molar-refractivity contribution in [1.82, 2.24) is 20.1 Å². The van der Waals surface area contributed by atoms with E-state index in [-0.39, 0.29) is 18.3 Å². The van der Waals surface area contributed by atoms with Gasteiger partial charge >= 0.3 is 0 Å². The number of halogens is 1. The van der Waals surface area contributed by atoms with Gasteiger partial charge in [0.1, 0.15) is 11.6 Å². The number of para-hydroxylation sites is 1. The van der Waals surface area contributed by atoms with Crippen LogP contribution in [0.2, 0.25) is 0 Å². The molecule has 4 aromatic rings. The summed E-state index contributed by atoms with van der Waals surface area (Å²) in [6, 6.07) is 14.2. The molecule has 6 nitrogen and oxygen atoms in total. The smallest absolute Gasteiger partial charge is 0.253 e. The molecule has 0 aliphatic carbocycles. The number of fused-ring (bicyclic) bond motifs is 1. The summed E-state index contributed by atoms with van der Waals surface area (Å²) in [6.07, 6.45) is 3.08. The van der Waals surface area contributed by atoms with Gasteiger partial charge in [0.25, 0.3) is 5.89 Å². The SMILES string of the molecule is Fc1ccc(OCc2nnc([C@H]3CCN(Cc4c[nH]c5ccccc45)C3)o2)cc1. The van der Waals surface area contributed by atoms with Crippen molar-refractivity contribution < 1.29 is 13.5 Å². The van der Waals surface area contributed by atoms with Gasteiger partial charge in [-0.1, -0.05) is 18.2 Å². The zero-order chi connectivity index (χ0) is 19.6. The lowest BCUT2D eigenvalue weighted by Crippen LogP contribution is -2.19. The molecule has 0 saturated carbocycles. The Kier molecular flexibility index (Phi) is 4.73. The second-order valence-corrected chi connectivity index (χ2v) is 7.36. The fourth-order valence-electron chi connectivity index (χ4n) is 3.85. The van der Waals surface area contributed by atoms with E-state index < -0.39 is 0 Å². The number of nitrogens with zero attached hydrogens (tertiary/aromatic N) is 3. The molecule has 0 radical (unpaired) electrons. The van der Waals surface area contributed by atoms with Crippen LogP contribution in [0.1, 0.15) is 29.7 Å². The number of aromatic nitrogens is 3. The number of rotatable bonds is 6. The number of nitrogens with one attached hydrogen (secondary N) is 1. The van der Waals surface area contributed by atoms with Gasteiger partial charge in [-0.2, -0.15) is 0 Å². The van der Waals surface area contributed by atoms with Crippen molar-refractivity contribution in [2.24, 2.45) is 0 Å². The van der Waals surface area contributed by atoms with Gasteiger partial charge in [0.15, 0.2) is 6.61 Å². The van der Waals surface area contributed by atoms with Gasteiger partial charge < -0.3 is 14.1 Å². The summed E-state index contributed by atoms with van der Waals surface area (Å²) in [5.74, 6) is 1.59. The normalized spacial score (nSPS) is 17.2. The van der Waals surface area contributed by atoms with E-state index in [4.69, 9.17) is 9.15 Å². The summed E-state index contributed by atoms with van der Waals surface area (Å²) in [4.78, 5) is 5.75. The largest absolute Gasteiger partial charge is 0.484 e. The lowest BCUT2D eigenvalue weighted by molar-refractivity contribution is 0.255. The highest BCUT2D eigenvalue weighted by atomic mass is 19.1. The number of H-pyrrole nitrogens is 1. The van der Waals surface area contributed by atoms with Crippen LogP contribution in [-0.2, 0) is 13.2 Å². The number of hydrogen-bond donors (Lipinski definition) is 1. The monoisotopic (exact) mass is 392 g/mol. The highest BCUT2D eigenvalue weighted by molar-refractivity contribution is 5.82. The van der Waals surface area contributed by atoms with Gasteiger partial charge in [0.2, 0.25) is 5.89 Å². The Morgan fingerprint density at radius 1 is 1.14 bits per heavy atom. The van der Waals surface area contributed by atoms with Crippen LogP contribution in [0.25, 0.3) is 10.9 Å². The van der Waals surface area contributed by atoms with Crippen LogP contribution in [0.15, 0.2) is 59.1 Å². The standard InChI is InChI=1S/C22H21FN4O2/c23-17-5-7-18(8-6-17)28-14-21-25-26-22(29-21)15-9-10-27(12-15)13-16-11-24-20-4-2-1-3-19(16)20/h1-8,11,15,24H,9-10,12-14H2/t15-/m0/s1. The van der Waals surface area contributed by atoms with Crippen molar-refractivity contribution >= 4 is 10.9 Å². The van der Waals surface area contributed by atoms with Crippen LogP contribution < -0.4 is 4.74 Å². The Hall–Kier alpha value is -3.19. The molecule has 0 amide bonds. The van der Waals surface area contributed by atoms with Crippen LogP contribution >= 0.6 is 0 Å². The highest BCUT2D eigenvalue weighted by Crippen LogP contribution is 2.29. The molecular formula is C22H21FN4O2. The molecule has 1 aliphatic rings. The van der Waals surface area contributed by atoms with Crippen molar-refractivity contribution in [3.63, 3.8) is 0 Å². The Morgan fingerprint density at radius 3 is 2.90 bits per heavy atom. The zero-order valence-corrected chi connectivity index (χ0v) is 15.8. The summed E-state index contributed by atoms with van der Waals surface area (Å²) in [6.45, 7) is 2.95. The summed E-state index contributed by atoms with van der Waals surface area (Å²) < 4.78 is 24.3. The van der Waals surface area contributed by atoms with E-state index in [1.54, 1.807) is 12.1 Å².